The smallest absolute Gasteiger partial charge is 0.338 e. The fourth-order valence-electron chi connectivity index (χ4n) is 2.23. The highest BCUT2D eigenvalue weighted by molar-refractivity contribution is 7.94. The summed E-state index contributed by atoms with van der Waals surface area (Å²) >= 11 is 6.87. The fourth-order valence-corrected chi connectivity index (χ4v) is 4.41. The van der Waals surface area contributed by atoms with E-state index in [2.05, 4.69) is 4.72 Å². The maximum Gasteiger partial charge on any atom is 0.338 e. The first-order valence-corrected chi connectivity index (χ1v) is 10.7. The van der Waals surface area contributed by atoms with Crippen molar-refractivity contribution in [2.24, 2.45) is 0 Å². The number of ketones is 1. The molecule has 3 aromatic rings. The molecule has 0 aliphatic carbocycles. The van der Waals surface area contributed by atoms with E-state index < -0.39 is 22.6 Å². The van der Waals surface area contributed by atoms with Crippen LogP contribution in [0.25, 0.3) is 0 Å². The standard InChI is InChI=1S/C19H14ClNO5S2/c20-15-7-3-13(4-8-15)17(22)12-26-19(23)14-5-9-16(10-6-14)21-28(24,25)18-2-1-11-27-18/h1-11,21H,12H2. The number of Topliss-reactive ketones (excluding diaryl/α,β-unsaturated/α-hetero) is 1. The van der Waals surface area contributed by atoms with Crippen molar-refractivity contribution in [1.29, 1.82) is 0 Å². The highest BCUT2D eigenvalue weighted by Crippen LogP contribution is 2.20. The number of halogens is 1. The quantitative estimate of drug-likeness (QED) is 0.442. The number of esters is 1. The lowest BCUT2D eigenvalue weighted by molar-refractivity contribution is 0.0475. The Kier molecular flexibility index (Phi) is 6.13. The number of hydrogen-bond donors (Lipinski definition) is 1. The van der Waals surface area contributed by atoms with Gasteiger partial charge in [-0.2, -0.15) is 0 Å². The molecule has 9 heteroatoms. The van der Waals surface area contributed by atoms with Crippen LogP contribution in [0, 0.1) is 0 Å². The summed E-state index contributed by atoms with van der Waals surface area (Å²) in [5, 5.41) is 2.17. The summed E-state index contributed by atoms with van der Waals surface area (Å²) in [6.07, 6.45) is 0. The third kappa shape index (κ3) is 4.98. The van der Waals surface area contributed by atoms with E-state index in [0.717, 1.165) is 11.3 Å². The van der Waals surface area contributed by atoms with Crippen LogP contribution in [-0.2, 0) is 14.8 Å². The maximum absolute atomic E-state index is 12.2. The van der Waals surface area contributed by atoms with Crippen LogP contribution in [-0.4, -0.2) is 26.8 Å². The van der Waals surface area contributed by atoms with Gasteiger partial charge >= 0.3 is 5.97 Å². The Morgan fingerprint density at radius 2 is 1.61 bits per heavy atom. The van der Waals surface area contributed by atoms with Crippen molar-refractivity contribution in [1.82, 2.24) is 0 Å². The van der Waals surface area contributed by atoms with Gasteiger partial charge in [-0.1, -0.05) is 17.7 Å². The highest BCUT2D eigenvalue weighted by atomic mass is 35.5. The predicted molar refractivity (Wildman–Crippen MR) is 108 cm³/mol. The van der Waals surface area contributed by atoms with Crippen LogP contribution < -0.4 is 4.72 Å². The van der Waals surface area contributed by atoms with Crippen molar-refractivity contribution in [3.05, 3.63) is 82.2 Å². The number of carbonyl (C=O) groups is 2. The summed E-state index contributed by atoms with van der Waals surface area (Å²) in [6, 6.07) is 15.1. The van der Waals surface area contributed by atoms with Crippen molar-refractivity contribution in [3.8, 4) is 0 Å². The molecule has 28 heavy (non-hydrogen) atoms. The zero-order valence-corrected chi connectivity index (χ0v) is 16.7. The molecule has 0 radical (unpaired) electrons. The Bertz CT molecular complexity index is 1080. The Hall–Kier alpha value is -2.68. The van der Waals surface area contributed by atoms with Gasteiger partial charge in [-0.05, 0) is 60.0 Å². The van der Waals surface area contributed by atoms with Crippen molar-refractivity contribution < 1.29 is 22.7 Å². The minimum atomic E-state index is -3.66. The van der Waals surface area contributed by atoms with E-state index in [4.69, 9.17) is 16.3 Å². The Morgan fingerprint density at radius 3 is 2.21 bits per heavy atom. The largest absolute Gasteiger partial charge is 0.454 e. The fraction of sp³-hybridized carbons (Fsp3) is 0.0526. The molecule has 1 aromatic heterocycles. The van der Waals surface area contributed by atoms with Crippen molar-refractivity contribution in [3.63, 3.8) is 0 Å². The predicted octanol–water partition coefficient (Wildman–Crippen LogP) is 4.24. The van der Waals surface area contributed by atoms with Gasteiger partial charge in [0.2, 0.25) is 0 Å². The molecule has 6 nitrogen and oxygen atoms in total. The van der Waals surface area contributed by atoms with E-state index in [1.807, 2.05) is 0 Å². The molecule has 3 rings (SSSR count). The van der Waals surface area contributed by atoms with Crippen molar-refractivity contribution >= 4 is 50.4 Å². The molecule has 144 valence electrons. The van der Waals surface area contributed by atoms with Crippen LogP contribution in [0.15, 0.2) is 70.3 Å². The normalized spacial score (nSPS) is 11.0. The zero-order chi connectivity index (χ0) is 20.1. The molecular weight excluding hydrogens is 422 g/mol. The lowest BCUT2D eigenvalue weighted by Gasteiger charge is -2.08. The van der Waals surface area contributed by atoms with Gasteiger partial charge in [-0.25, -0.2) is 13.2 Å². The number of anilines is 1. The van der Waals surface area contributed by atoms with Gasteiger partial charge in [0.1, 0.15) is 4.21 Å². The molecule has 0 amide bonds. The number of thiophene rings is 1. The molecule has 0 atom stereocenters. The van der Waals surface area contributed by atoms with E-state index in [1.165, 1.54) is 30.3 Å². The molecule has 0 saturated heterocycles. The van der Waals surface area contributed by atoms with Gasteiger partial charge in [-0.15, -0.1) is 11.3 Å². The number of nitrogens with one attached hydrogen (secondary N) is 1. The molecule has 1 heterocycles. The van der Waals surface area contributed by atoms with Gasteiger partial charge in [0, 0.05) is 16.3 Å². The Morgan fingerprint density at radius 1 is 0.964 bits per heavy atom. The molecule has 0 aliphatic rings. The molecule has 0 aliphatic heterocycles. The minimum Gasteiger partial charge on any atom is -0.454 e. The van der Waals surface area contributed by atoms with Crippen LogP contribution in [0.2, 0.25) is 5.02 Å². The van der Waals surface area contributed by atoms with Crippen LogP contribution in [0.5, 0.6) is 0 Å². The van der Waals surface area contributed by atoms with Crippen molar-refractivity contribution in [2.75, 3.05) is 11.3 Å². The lowest BCUT2D eigenvalue weighted by atomic mass is 10.1. The van der Waals surface area contributed by atoms with E-state index in [1.54, 1.807) is 35.7 Å². The summed E-state index contributed by atoms with van der Waals surface area (Å²) in [5.74, 6) is -1.04. The highest BCUT2D eigenvalue weighted by Gasteiger charge is 2.16. The summed E-state index contributed by atoms with van der Waals surface area (Å²) < 4.78 is 32.0. The topological polar surface area (TPSA) is 89.5 Å². The second kappa shape index (κ2) is 8.55. The van der Waals surface area contributed by atoms with Crippen LogP contribution in [0.3, 0.4) is 0 Å². The van der Waals surface area contributed by atoms with Crippen LogP contribution >= 0.6 is 22.9 Å². The summed E-state index contributed by atoms with van der Waals surface area (Å²) in [4.78, 5) is 24.1. The molecule has 0 bridgehead atoms. The number of benzene rings is 2. The SMILES string of the molecule is O=C(COC(=O)c1ccc(NS(=O)(=O)c2cccs2)cc1)c1ccc(Cl)cc1. The summed E-state index contributed by atoms with van der Waals surface area (Å²) in [7, 11) is -3.66. The second-order valence-corrected chi connectivity index (χ2v) is 8.91. The van der Waals surface area contributed by atoms with Gasteiger partial charge < -0.3 is 4.74 Å². The molecular formula is C19H14ClNO5S2. The average Bonchev–Trinajstić information content (AvgIpc) is 3.22. The molecule has 0 fully saturated rings. The third-order valence-corrected chi connectivity index (χ3v) is 6.66. The van der Waals surface area contributed by atoms with E-state index >= 15 is 0 Å². The molecule has 0 spiro atoms. The zero-order valence-electron chi connectivity index (χ0n) is 14.3. The molecule has 1 N–H and O–H groups in total. The molecule has 2 aromatic carbocycles. The number of rotatable bonds is 7. The molecule has 0 saturated carbocycles. The lowest BCUT2D eigenvalue weighted by Crippen LogP contribution is -2.14. The van der Waals surface area contributed by atoms with Gasteiger partial charge in [0.25, 0.3) is 10.0 Å². The van der Waals surface area contributed by atoms with E-state index in [9.17, 15) is 18.0 Å². The number of sulfonamides is 1. The summed E-state index contributed by atoms with van der Waals surface area (Å²) in [6.45, 7) is -0.409. The van der Waals surface area contributed by atoms with Crippen LogP contribution in [0.4, 0.5) is 5.69 Å². The van der Waals surface area contributed by atoms with Gasteiger partial charge in [0.05, 0.1) is 5.56 Å². The third-order valence-electron chi connectivity index (χ3n) is 3.63. The minimum absolute atomic E-state index is 0.191. The Labute approximate surface area is 170 Å². The number of carbonyl (C=O) groups excluding carboxylic acids is 2. The molecule has 0 unspecified atom stereocenters. The summed E-state index contributed by atoms with van der Waals surface area (Å²) in [5.41, 5.74) is 0.890. The van der Waals surface area contributed by atoms with Gasteiger partial charge in [-0.3, -0.25) is 9.52 Å². The second-order valence-electron chi connectivity index (χ2n) is 5.62. The maximum atomic E-state index is 12.2. The van der Waals surface area contributed by atoms with E-state index in [0.29, 0.717) is 16.3 Å². The first-order chi connectivity index (χ1) is 13.3. The first-order valence-electron chi connectivity index (χ1n) is 7.97. The average molecular weight is 436 g/mol. The monoisotopic (exact) mass is 435 g/mol. The number of ether oxygens (including phenoxy) is 1. The first kappa shape index (κ1) is 20.1. The van der Waals surface area contributed by atoms with Crippen molar-refractivity contribution in [2.45, 2.75) is 4.21 Å². The van der Waals surface area contributed by atoms with E-state index in [-0.39, 0.29) is 15.6 Å². The number of hydrogen-bond acceptors (Lipinski definition) is 6. The van der Waals surface area contributed by atoms with Gasteiger partial charge in [0.15, 0.2) is 12.4 Å². The Balaban J connectivity index is 1.59. The van der Waals surface area contributed by atoms with Crippen LogP contribution in [0.1, 0.15) is 20.7 Å².